The largest absolute Gasteiger partial charge is 0.497 e. The number of ether oxygens (including phenoxy) is 4. The van der Waals surface area contributed by atoms with Crippen LogP contribution in [0.25, 0.3) is 0 Å². The molecule has 0 aliphatic carbocycles. The molecule has 0 fully saturated rings. The highest BCUT2D eigenvalue weighted by Crippen LogP contribution is 2.19. The number of rotatable bonds is 1. The maximum Gasteiger partial charge on any atom is 0.275 e. The Morgan fingerprint density at radius 3 is 1.70 bits per heavy atom. The highest BCUT2D eigenvalue weighted by atomic mass is 16.5. The van der Waals surface area contributed by atoms with Crippen molar-refractivity contribution in [1.82, 2.24) is 15.8 Å². The summed E-state index contributed by atoms with van der Waals surface area (Å²) in [6, 6.07) is 16.9. The molecule has 2 bridgehead atoms. The van der Waals surface area contributed by atoms with Crippen molar-refractivity contribution in [2.75, 3.05) is 33.5 Å². The second-order valence-electron chi connectivity index (χ2n) is 7.56. The van der Waals surface area contributed by atoms with Crippen molar-refractivity contribution in [3.05, 3.63) is 83.2 Å². The van der Waals surface area contributed by atoms with Gasteiger partial charge in [0.1, 0.15) is 30.5 Å². The number of aromatic nitrogens is 1. The van der Waals surface area contributed by atoms with Gasteiger partial charge in [0.15, 0.2) is 0 Å². The third kappa shape index (κ3) is 7.12. The first kappa shape index (κ1) is 25.3. The first-order valence-corrected chi connectivity index (χ1v) is 11.4. The van der Waals surface area contributed by atoms with Crippen LogP contribution in [0.5, 0.6) is 17.2 Å². The lowest BCUT2D eigenvalue weighted by atomic mass is 10.2. The van der Waals surface area contributed by atoms with Crippen molar-refractivity contribution in [1.29, 1.82) is 0 Å². The predicted molar refractivity (Wildman–Crippen MR) is 136 cm³/mol. The summed E-state index contributed by atoms with van der Waals surface area (Å²) in [6.45, 7) is 0.998. The van der Waals surface area contributed by atoms with Gasteiger partial charge in [0, 0.05) is 12.1 Å². The molecular weight excluding hydrogens is 478 g/mol. The molecule has 0 spiro atoms. The van der Waals surface area contributed by atoms with Crippen LogP contribution in [0.4, 0.5) is 0 Å². The van der Waals surface area contributed by atoms with Gasteiger partial charge in [-0.05, 0) is 24.3 Å². The Labute approximate surface area is 213 Å². The van der Waals surface area contributed by atoms with E-state index in [0.717, 1.165) is 0 Å². The zero-order chi connectivity index (χ0) is 25.9. The number of para-hydroxylation sites is 2. The molecule has 0 radical (unpaired) electrons. The lowest BCUT2D eigenvalue weighted by molar-refractivity contribution is 0.0749. The number of pyridine rings is 1. The molecule has 2 N–H and O–H groups in total. The molecule has 1 aromatic heterocycles. The van der Waals surface area contributed by atoms with E-state index in [1.165, 1.54) is 19.5 Å². The normalized spacial score (nSPS) is 16.6. The van der Waals surface area contributed by atoms with Gasteiger partial charge in [0.25, 0.3) is 11.8 Å². The first-order valence-electron chi connectivity index (χ1n) is 11.4. The number of hydrazone groups is 2. The van der Waals surface area contributed by atoms with E-state index in [-0.39, 0.29) is 26.4 Å². The number of carbonyl (C=O) groups excluding carboxylic acids is 2. The Kier molecular flexibility index (Phi) is 8.76. The maximum absolute atomic E-state index is 12.7. The number of nitrogens with one attached hydrogen (secondary N) is 2. The third-order valence-corrected chi connectivity index (χ3v) is 5.03. The Balaban J connectivity index is 1.59. The summed E-state index contributed by atoms with van der Waals surface area (Å²) in [5, 5.41) is 8.00. The van der Waals surface area contributed by atoms with Gasteiger partial charge in [-0.1, -0.05) is 24.3 Å². The van der Waals surface area contributed by atoms with E-state index in [4.69, 9.17) is 18.9 Å². The number of benzene rings is 2. The summed E-state index contributed by atoms with van der Waals surface area (Å²) in [5.41, 5.74) is 6.38. The van der Waals surface area contributed by atoms with Crippen LogP contribution in [0.2, 0.25) is 0 Å². The SMILES string of the molecule is COc1cc2nc(c1)/C=N/NC(=O)c1ccccc1OCCOCCOc1ccccc1C(=O)N/N=C/2. The molecule has 0 saturated carbocycles. The summed E-state index contributed by atoms with van der Waals surface area (Å²) in [7, 11) is 1.51. The summed E-state index contributed by atoms with van der Waals surface area (Å²) < 4.78 is 22.3. The first-order chi connectivity index (χ1) is 18.1. The minimum absolute atomic E-state index is 0.223. The van der Waals surface area contributed by atoms with E-state index >= 15 is 0 Å². The smallest absolute Gasteiger partial charge is 0.275 e. The lowest BCUT2D eigenvalue weighted by Crippen LogP contribution is -2.20. The number of nitrogens with zero attached hydrogens (tertiary/aromatic N) is 3. The number of amides is 2. The predicted octanol–water partition coefficient (Wildman–Crippen LogP) is 2.41. The van der Waals surface area contributed by atoms with Gasteiger partial charge in [0.05, 0.1) is 55.3 Å². The Hall–Kier alpha value is -4.77. The molecule has 0 unspecified atom stereocenters. The molecule has 0 atom stereocenters. The lowest BCUT2D eigenvalue weighted by Gasteiger charge is -2.12. The van der Waals surface area contributed by atoms with Crippen LogP contribution in [0.15, 0.2) is 70.9 Å². The number of methoxy groups -OCH3 is 1. The van der Waals surface area contributed by atoms with Gasteiger partial charge < -0.3 is 18.9 Å². The zero-order valence-electron chi connectivity index (χ0n) is 20.0. The van der Waals surface area contributed by atoms with E-state index in [9.17, 15) is 9.59 Å². The fourth-order valence-corrected chi connectivity index (χ4v) is 3.31. The molecule has 4 rings (SSSR count). The molecule has 3 aromatic rings. The van der Waals surface area contributed by atoms with E-state index < -0.39 is 11.8 Å². The highest BCUT2D eigenvalue weighted by molar-refractivity contribution is 5.98. The number of hydrogen-bond acceptors (Lipinski definition) is 9. The van der Waals surface area contributed by atoms with Gasteiger partial charge in [-0.15, -0.1) is 0 Å². The van der Waals surface area contributed by atoms with E-state index in [1.807, 2.05) is 0 Å². The zero-order valence-corrected chi connectivity index (χ0v) is 20.0. The standard InChI is InChI=1S/C26H25N5O6/c1-34-20-14-18-16-27-30-25(32)21-6-2-4-8-23(21)36-12-10-35-11-13-37-24-9-5-3-7-22(24)26(33)31-28-17-19(15-20)29-18/h2-9,14-17H,10-13H2,1H3,(H,30,32)(H,31,33)/b27-16+,28-17+. The van der Waals surface area contributed by atoms with Crippen molar-refractivity contribution < 1.29 is 28.5 Å². The van der Waals surface area contributed by atoms with Gasteiger partial charge in [-0.3, -0.25) is 9.59 Å². The summed E-state index contributed by atoms with van der Waals surface area (Å²) in [4.78, 5) is 29.7. The van der Waals surface area contributed by atoms with Crippen molar-refractivity contribution >= 4 is 24.2 Å². The van der Waals surface area contributed by atoms with Gasteiger partial charge in [-0.25, -0.2) is 15.8 Å². The van der Waals surface area contributed by atoms with E-state index in [0.29, 0.717) is 39.8 Å². The third-order valence-electron chi connectivity index (χ3n) is 5.03. The van der Waals surface area contributed by atoms with Crippen LogP contribution in [-0.2, 0) is 4.74 Å². The van der Waals surface area contributed by atoms with Crippen LogP contribution in [-0.4, -0.2) is 62.8 Å². The minimum atomic E-state index is -0.450. The second kappa shape index (κ2) is 12.8. The molecule has 37 heavy (non-hydrogen) atoms. The number of hydrogen-bond donors (Lipinski definition) is 2. The molecule has 0 saturated heterocycles. The average molecular weight is 504 g/mol. The topological polar surface area (TPSA) is 133 Å². The number of fused-ring (bicyclic) bond motifs is 4. The summed E-state index contributed by atoms with van der Waals surface area (Å²) in [5.74, 6) is 0.388. The fraction of sp³-hybridized carbons (Fsp3) is 0.192. The van der Waals surface area contributed by atoms with Crippen molar-refractivity contribution in [2.45, 2.75) is 0 Å². The molecule has 2 heterocycles. The molecule has 190 valence electrons. The molecule has 1 aliphatic rings. The molecule has 11 heteroatoms. The quantitative estimate of drug-likeness (QED) is 0.521. The molecule has 11 nitrogen and oxygen atoms in total. The van der Waals surface area contributed by atoms with Crippen LogP contribution < -0.4 is 25.1 Å². The van der Waals surface area contributed by atoms with Crippen LogP contribution in [0, 0.1) is 0 Å². The van der Waals surface area contributed by atoms with Crippen LogP contribution in [0.3, 0.4) is 0 Å². The second-order valence-corrected chi connectivity index (χ2v) is 7.56. The highest BCUT2D eigenvalue weighted by Gasteiger charge is 2.13. The van der Waals surface area contributed by atoms with E-state index in [1.54, 1.807) is 60.7 Å². The van der Waals surface area contributed by atoms with Gasteiger partial charge in [0.2, 0.25) is 0 Å². The molecule has 1 aliphatic heterocycles. The summed E-state index contributed by atoms with van der Waals surface area (Å²) >= 11 is 0. The number of carbonyl (C=O) groups is 2. The van der Waals surface area contributed by atoms with Gasteiger partial charge in [-0.2, -0.15) is 10.2 Å². The minimum Gasteiger partial charge on any atom is -0.497 e. The molecule has 2 amide bonds. The maximum atomic E-state index is 12.7. The van der Waals surface area contributed by atoms with Crippen LogP contribution in [0.1, 0.15) is 32.1 Å². The summed E-state index contributed by atoms with van der Waals surface area (Å²) in [6.07, 6.45) is 2.74. The van der Waals surface area contributed by atoms with Crippen molar-refractivity contribution in [2.24, 2.45) is 10.2 Å². The molecular formula is C26H25N5O6. The molecule has 2 aromatic carbocycles. The monoisotopic (exact) mass is 503 g/mol. The van der Waals surface area contributed by atoms with Crippen molar-refractivity contribution in [3.63, 3.8) is 0 Å². The Morgan fingerprint density at radius 2 is 1.22 bits per heavy atom. The Bertz CT molecular complexity index is 1220. The van der Waals surface area contributed by atoms with E-state index in [2.05, 4.69) is 26.0 Å². The van der Waals surface area contributed by atoms with Crippen LogP contribution >= 0.6 is 0 Å². The van der Waals surface area contributed by atoms with Gasteiger partial charge >= 0.3 is 0 Å². The fourth-order valence-electron chi connectivity index (χ4n) is 3.31. The average Bonchev–Trinajstić information content (AvgIpc) is 2.92. The van der Waals surface area contributed by atoms with Crippen molar-refractivity contribution in [3.8, 4) is 17.2 Å². The Morgan fingerprint density at radius 1 is 0.730 bits per heavy atom.